The predicted molar refractivity (Wildman–Crippen MR) is 106 cm³/mol. The van der Waals surface area contributed by atoms with Gasteiger partial charge in [-0.25, -0.2) is 0 Å². The molecule has 0 bridgehead atoms. The highest BCUT2D eigenvalue weighted by atomic mass is 32.2. The van der Waals surface area contributed by atoms with Crippen LogP contribution in [0.3, 0.4) is 0 Å². The van der Waals surface area contributed by atoms with E-state index in [0.29, 0.717) is 18.3 Å². The molecule has 0 saturated carbocycles. The first-order chi connectivity index (χ1) is 12.6. The maximum atomic E-state index is 12.7. The molecule has 5 heteroatoms. The van der Waals surface area contributed by atoms with Crippen molar-refractivity contribution in [1.82, 2.24) is 15.1 Å². The van der Waals surface area contributed by atoms with Crippen molar-refractivity contribution in [2.45, 2.75) is 37.1 Å². The van der Waals surface area contributed by atoms with Crippen LogP contribution in [0.4, 0.5) is 0 Å². The Hall–Kier alpha value is -2.53. The van der Waals surface area contributed by atoms with Crippen LogP contribution in [-0.2, 0) is 13.1 Å². The minimum atomic E-state index is -0.0392. The van der Waals surface area contributed by atoms with Gasteiger partial charge in [-0.3, -0.25) is 9.48 Å². The Morgan fingerprint density at radius 2 is 1.81 bits per heavy atom. The number of hydrogen-bond donors (Lipinski definition) is 1. The van der Waals surface area contributed by atoms with Gasteiger partial charge in [0.2, 0.25) is 0 Å². The van der Waals surface area contributed by atoms with E-state index in [9.17, 15) is 4.79 Å². The first kappa shape index (κ1) is 18.3. The summed E-state index contributed by atoms with van der Waals surface area (Å²) < 4.78 is 1.88. The molecule has 0 aliphatic rings. The molecule has 0 unspecified atom stereocenters. The molecule has 0 fully saturated rings. The summed E-state index contributed by atoms with van der Waals surface area (Å²) in [6, 6.07) is 17.8. The zero-order valence-electron chi connectivity index (χ0n) is 15.1. The summed E-state index contributed by atoms with van der Waals surface area (Å²) in [6.07, 6.45) is 3.71. The van der Waals surface area contributed by atoms with Crippen molar-refractivity contribution in [1.29, 1.82) is 0 Å². The standard InChI is InChI=1S/C21H23N3OS/c1-16(2)26-20-11-6-5-10-19(20)21(25)22-14-17-8-3-4-9-18(17)15-24-13-7-12-23-24/h3-13,16H,14-15H2,1-2H3,(H,22,25). The summed E-state index contributed by atoms with van der Waals surface area (Å²) in [5.41, 5.74) is 2.99. The van der Waals surface area contributed by atoms with E-state index in [2.05, 4.69) is 30.3 Å². The Balaban J connectivity index is 1.71. The van der Waals surface area contributed by atoms with Gasteiger partial charge in [0.05, 0.1) is 12.1 Å². The molecule has 2 aromatic carbocycles. The van der Waals surface area contributed by atoms with Gasteiger partial charge in [-0.2, -0.15) is 5.10 Å². The lowest BCUT2D eigenvalue weighted by Crippen LogP contribution is -2.24. The summed E-state index contributed by atoms with van der Waals surface area (Å²) in [6.45, 7) is 5.45. The first-order valence-corrected chi connectivity index (χ1v) is 9.59. The maximum Gasteiger partial charge on any atom is 0.252 e. The van der Waals surface area contributed by atoms with Gasteiger partial charge in [0.1, 0.15) is 0 Å². The molecule has 26 heavy (non-hydrogen) atoms. The summed E-state index contributed by atoms with van der Waals surface area (Å²) in [5, 5.41) is 7.76. The monoisotopic (exact) mass is 365 g/mol. The average Bonchev–Trinajstić information content (AvgIpc) is 3.14. The smallest absolute Gasteiger partial charge is 0.252 e. The molecule has 4 nitrogen and oxygen atoms in total. The molecule has 0 radical (unpaired) electrons. The van der Waals surface area contributed by atoms with Crippen LogP contribution in [0.15, 0.2) is 71.9 Å². The van der Waals surface area contributed by atoms with Crippen molar-refractivity contribution >= 4 is 17.7 Å². The van der Waals surface area contributed by atoms with E-state index in [4.69, 9.17) is 0 Å². The summed E-state index contributed by atoms with van der Waals surface area (Å²) in [4.78, 5) is 13.7. The summed E-state index contributed by atoms with van der Waals surface area (Å²) in [5.74, 6) is -0.0392. The number of rotatable bonds is 7. The second kappa shape index (κ2) is 8.72. The molecule has 0 aliphatic carbocycles. The minimum Gasteiger partial charge on any atom is -0.348 e. The van der Waals surface area contributed by atoms with E-state index in [1.54, 1.807) is 18.0 Å². The number of benzene rings is 2. The van der Waals surface area contributed by atoms with E-state index in [0.717, 1.165) is 21.6 Å². The third kappa shape index (κ3) is 4.76. The SMILES string of the molecule is CC(C)Sc1ccccc1C(=O)NCc1ccccc1Cn1cccn1. The summed E-state index contributed by atoms with van der Waals surface area (Å²) in [7, 11) is 0. The van der Waals surface area contributed by atoms with Gasteiger partial charge in [-0.05, 0) is 29.3 Å². The molecular formula is C21H23N3OS. The van der Waals surface area contributed by atoms with Crippen LogP contribution in [0.25, 0.3) is 0 Å². The van der Waals surface area contributed by atoms with Crippen molar-refractivity contribution < 1.29 is 4.79 Å². The number of carbonyl (C=O) groups excluding carboxylic acids is 1. The molecule has 1 heterocycles. The Kier molecular flexibility index (Phi) is 6.12. The molecular weight excluding hydrogens is 342 g/mol. The number of hydrogen-bond acceptors (Lipinski definition) is 3. The van der Waals surface area contributed by atoms with Crippen molar-refractivity contribution in [3.63, 3.8) is 0 Å². The first-order valence-electron chi connectivity index (χ1n) is 8.71. The van der Waals surface area contributed by atoms with Gasteiger partial charge in [-0.15, -0.1) is 11.8 Å². The van der Waals surface area contributed by atoms with Gasteiger partial charge in [0.15, 0.2) is 0 Å². The number of carbonyl (C=O) groups is 1. The Labute approximate surface area is 158 Å². The lowest BCUT2D eigenvalue weighted by molar-refractivity contribution is 0.0948. The second-order valence-electron chi connectivity index (χ2n) is 6.32. The normalized spacial score (nSPS) is 10.9. The topological polar surface area (TPSA) is 46.9 Å². The minimum absolute atomic E-state index is 0.0392. The van der Waals surface area contributed by atoms with E-state index < -0.39 is 0 Å². The number of nitrogens with zero attached hydrogens (tertiary/aromatic N) is 2. The van der Waals surface area contributed by atoms with Crippen LogP contribution >= 0.6 is 11.8 Å². The van der Waals surface area contributed by atoms with Crippen molar-refractivity contribution in [2.24, 2.45) is 0 Å². The Bertz CT molecular complexity index is 859. The highest BCUT2D eigenvalue weighted by Gasteiger charge is 2.13. The molecule has 0 atom stereocenters. The molecule has 134 valence electrons. The molecule has 0 saturated heterocycles. The highest BCUT2D eigenvalue weighted by Crippen LogP contribution is 2.26. The van der Waals surface area contributed by atoms with E-state index in [1.807, 2.05) is 59.4 Å². The fraction of sp³-hybridized carbons (Fsp3) is 0.238. The third-order valence-electron chi connectivity index (χ3n) is 3.94. The lowest BCUT2D eigenvalue weighted by Gasteiger charge is -2.13. The van der Waals surface area contributed by atoms with Gasteiger partial charge in [0.25, 0.3) is 5.91 Å². The number of aromatic nitrogens is 2. The van der Waals surface area contributed by atoms with E-state index in [1.165, 1.54) is 0 Å². The summed E-state index contributed by atoms with van der Waals surface area (Å²) >= 11 is 1.71. The maximum absolute atomic E-state index is 12.7. The van der Waals surface area contributed by atoms with Crippen molar-refractivity contribution in [2.75, 3.05) is 0 Å². The Morgan fingerprint density at radius 1 is 1.08 bits per heavy atom. The quantitative estimate of drug-likeness (QED) is 0.633. The Morgan fingerprint density at radius 3 is 2.54 bits per heavy atom. The van der Waals surface area contributed by atoms with Crippen LogP contribution < -0.4 is 5.32 Å². The van der Waals surface area contributed by atoms with Gasteiger partial charge >= 0.3 is 0 Å². The fourth-order valence-corrected chi connectivity index (χ4v) is 3.69. The zero-order valence-corrected chi connectivity index (χ0v) is 15.9. The molecule has 1 aromatic heterocycles. The van der Waals surface area contributed by atoms with Gasteiger partial charge in [-0.1, -0.05) is 50.2 Å². The number of thioether (sulfide) groups is 1. The molecule has 0 aliphatic heterocycles. The molecule has 3 aromatic rings. The van der Waals surface area contributed by atoms with Crippen LogP contribution in [0.5, 0.6) is 0 Å². The highest BCUT2D eigenvalue weighted by molar-refractivity contribution is 8.00. The fourth-order valence-electron chi connectivity index (χ4n) is 2.73. The van der Waals surface area contributed by atoms with Crippen molar-refractivity contribution in [3.05, 3.63) is 83.7 Å². The average molecular weight is 366 g/mol. The van der Waals surface area contributed by atoms with Crippen molar-refractivity contribution in [3.8, 4) is 0 Å². The second-order valence-corrected chi connectivity index (χ2v) is 7.94. The molecule has 0 spiro atoms. The lowest BCUT2D eigenvalue weighted by atomic mass is 10.1. The van der Waals surface area contributed by atoms with Crippen LogP contribution in [0.1, 0.15) is 35.3 Å². The molecule has 3 rings (SSSR count). The van der Waals surface area contributed by atoms with E-state index >= 15 is 0 Å². The van der Waals surface area contributed by atoms with Gasteiger partial charge in [0, 0.05) is 29.1 Å². The van der Waals surface area contributed by atoms with Crippen LogP contribution in [0.2, 0.25) is 0 Å². The largest absolute Gasteiger partial charge is 0.348 e. The molecule has 1 amide bonds. The molecule has 1 N–H and O–H groups in total. The van der Waals surface area contributed by atoms with Gasteiger partial charge < -0.3 is 5.32 Å². The van der Waals surface area contributed by atoms with Crippen LogP contribution in [-0.4, -0.2) is 20.9 Å². The number of nitrogens with one attached hydrogen (secondary N) is 1. The predicted octanol–water partition coefficient (Wildman–Crippen LogP) is 4.36. The zero-order chi connectivity index (χ0) is 18.4. The number of amides is 1. The third-order valence-corrected chi connectivity index (χ3v) is 5.03. The van der Waals surface area contributed by atoms with Crippen LogP contribution in [0, 0.1) is 0 Å². The van der Waals surface area contributed by atoms with E-state index in [-0.39, 0.29) is 5.91 Å².